The molecule has 0 bridgehead atoms. The van der Waals surface area contributed by atoms with Gasteiger partial charge < -0.3 is 23.5 Å². The van der Waals surface area contributed by atoms with Gasteiger partial charge in [0.25, 0.3) is 11.8 Å². The van der Waals surface area contributed by atoms with Crippen LogP contribution in [0.25, 0.3) is 0 Å². The molecular weight excluding hydrogens is 400 g/mol. The van der Waals surface area contributed by atoms with E-state index in [-0.39, 0.29) is 24.1 Å². The highest BCUT2D eigenvalue weighted by Crippen LogP contribution is 2.18. The molecular formula is C19H17ClN4O5. The van der Waals surface area contributed by atoms with Crippen molar-refractivity contribution in [2.24, 2.45) is 0 Å². The number of aromatic nitrogens is 2. The average Bonchev–Trinajstić information content (AvgIpc) is 3.44. The fourth-order valence-electron chi connectivity index (χ4n) is 2.94. The first-order valence-corrected chi connectivity index (χ1v) is 9.29. The number of furan rings is 1. The van der Waals surface area contributed by atoms with Crippen LogP contribution in [-0.4, -0.2) is 57.9 Å². The van der Waals surface area contributed by atoms with E-state index >= 15 is 0 Å². The predicted octanol–water partition coefficient (Wildman–Crippen LogP) is 2.49. The maximum absolute atomic E-state index is 12.7. The number of carbonyl (C=O) groups is 2. The highest BCUT2D eigenvalue weighted by molar-refractivity contribution is 6.30. The summed E-state index contributed by atoms with van der Waals surface area (Å²) in [5.41, 5.74) is 0.193. The Labute approximate surface area is 170 Å². The SMILES string of the molecule is O=C(c1cc(COc2cncc(Cl)c2)on1)N1CCN(C(=O)c2ccco2)CC1. The molecule has 150 valence electrons. The highest BCUT2D eigenvalue weighted by atomic mass is 35.5. The molecule has 29 heavy (non-hydrogen) atoms. The summed E-state index contributed by atoms with van der Waals surface area (Å²) < 4.78 is 15.9. The van der Waals surface area contributed by atoms with E-state index < -0.39 is 0 Å². The van der Waals surface area contributed by atoms with Crippen molar-refractivity contribution in [1.29, 1.82) is 0 Å². The minimum Gasteiger partial charge on any atom is -0.484 e. The zero-order valence-electron chi connectivity index (χ0n) is 15.3. The Morgan fingerprint density at radius 3 is 2.55 bits per heavy atom. The molecule has 3 aromatic heterocycles. The Kier molecular flexibility index (Phi) is 5.48. The van der Waals surface area contributed by atoms with Crippen molar-refractivity contribution in [3.8, 4) is 5.75 Å². The number of piperazine rings is 1. The van der Waals surface area contributed by atoms with Gasteiger partial charge in [-0.1, -0.05) is 16.8 Å². The van der Waals surface area contributed by atoms with E-state index in [1.165, 1.54) is 18.7 Å². The van der Waals surface area contributed by atoms with Crippen LogP contribution in [0.3, 0.4) is 0 Å². The van der Waals surface area contributed by atoms with Crippen LogP contribution < -0.4 is 4.74 Å². The van der Waals surface area contributed by atoms with Gasteiger partial charge in [0.15, 0.2) is 17.2 Å². The van der Waals surface area contributed by atoms with Gasteiger partial charge in [0.1, 0.15) is 12.4 Å². The molecule has 9 nitrogen and oxygen atoms in total. The van der Waals surface area contributed by atoms with Gasteiger partial charge in [-0.3, -0.25) is 14.6 Å². The number of halogens is 1. The van der Waals surface area contributed by atoms with E-state index in [4.69, 9.17) is 25.3 Å². The van der Waals surface area contributed by atoms with Gasteiger partial charge in [0.2, 0.25) is 0 Å². The van der Waals surface area contributed by atoms with Crippen LogP contribution in [0.5, 0.6) is 5.75 Å². The number of nitrogens with zero attached hydrogens (tertiary/aromatic N) is 4. The normalized spacial score (nSPS) is 14.1. The molecule has 0 aromatic carbocycles. The standard InChI is InChI=1S/C19H17ClN4O5/c20-13-8-14(11-21-10-13)28-12-15-9-16(22-29-15)18(25)23-3-5-24(6-4-23)19(26)17-2-1-7-27-17/h1-2,7-11H,3-6,12H2. The molecule has 0 radical (unpaired) electrons. The second-order valence-corrected chi connectivity index (χ2v) is 6.80. The Bertz CT molecular complexity index is 996. The average molecular weight is 417 g/mol. The third kappa shape index (κ3) is 4.40. The Morgan fingerprint density at radius 1 is 1.10 bits per heavy atom. The topological polar surface area (TPSA) is 102 Å². The summed E-state index contributed by atoms with van der Waals surface area (Å²) in [6.07, 6.45) is 4.49. The zero-order valence-corrected chi connectivity index (χ0v) is 16.0. The number of rotatable bonds is 5. The predicted molar refractivity (Wildman–Crippen MR) is 101 cm³/mol. The van der Waals surface area contributed by atoms with Crippen molar-refractivity contribution in [3.05, 3.63) is 65.2 Å². The van der Waals surface area contributed by atoms with Crippen molar-refractivity contribution in [1.82, 2.24) is 19.9 Å². The zero-order chi connectivity index (χ0) is 20.2. The maximum atomic E-state index is 12.7. The molecule has 1 fully saturated rings. The fourth-order valence-corrected chi connectivity index (χ4v) is 3.10. The summed E-state index contributed by atoms with van der Waals surface area (Å²) in [4.78, 5) is 32.2. The van der Waals surface area contributed by atoms with Crippen molar-refractivity contribution >= 4 is 23.4 Å². The van der Waals surface area contributed by atoms with Crippen molar-refractivity contribution in [3.63, 3.8) is 0 Å². The van der Waals surface area contributed by atoms with Gasteiger partial charge in [-0.05, 0) is 12.1 Å². The molecule has 4 rings (SSSR count). The highest BCUT2D eigenvalue weighted by Gasteiger charge is 2.28. The van der Waals surface area contributed by atoms with Crippen LogP contribution in [-0.2, 0) is 6.61 Å². The van der Waals surface area contributed by atoms with Crippen molar-refractivity contribution in [2.75, 3.05) is 26.2 Å². The third-order valence-electron chi connectivity index (χ3n) is 4.43. The monoisotopic (exact) mass is 416 g/mol. The van der Waals surface area contributed by atoms with Gasteiger partial charge in [0, 0.05) is 44.5 Å². The van der Waals surface area contributed by atoms with E-state index in [0.29, 0.717) is 48.5 Å². The molecule has 3 aromatic rings. The largest absolute Gasteiger partial charge is 0.484 e. The minimum absolute atomic E-state index is 0.0910. The fraction of sp³-hybridized carbons (Fsp3) is 0.263. The summed E-state index contributed by atoms with van der Waals surface area (Å²) in [6, 6.07) is 6.46. The molecule has 10 heteroatoms. The quantitative estimate of drug-likeness (QED) is 0.629. The summed E-state index contributed by atoms with van der Waals surface area (Å²) in [5, 5.41) is 4.29. The van der Waals surface area contributed by atoms with Crippen molar-refractivity contribution < 1.29 is 23.3 Å². The molecule has 0 atom stereocenters. The molecule has 1 saturated heterocycles. The van der Waals surface area contributed by atoms with Gasteiger partial charge in [-0.2, -0.15) is 0 Å². The molecule has 0 spiro atoms. The number of carbonyl (C=O) groups excluding carboxylic acids is 2. The van der Waals surface area contributed by atoms with E-state index in [9.17, 15) is 9.59 Å². The smallest absolute Gasteiger partial charge is 0.289 e. The lowest BCUT2D eigenvalue weighted by atomic mass is 10.2. The molecule has 4 heterocycles. The van der Waals surface area contributed by atoms with E-state index in [1.54, 1.807) is 34.1 Å². The summed E-state index contributed by atoms with van der Waals surface area (Å²) in [5.74, 6) is 0.743. The minimum atomic E-state index is -0.255. The van der Waals surface area contributed by atoms with Gasteiger partial charge in [-0.25, -0.2) is 0 Å². The number of hydrogen-bond acceptors (Lipinski definition) is 7. The molecule has 0 aliphatic carbocycles. The first-order chi connectivity index (χ1) is 14.1. The van der Waals surface area contributed by atoms with E-state index in [1.807, 2.05) is 0 Å². The summed E-state index contributed by atoms with van der Waals surface area (Å²) in [6.45, 7) is 1.73. The second kappa shape index (κ2) is 8.36. The van der Waals surface area contributed by atoms with Gasteiger partial charge in [0.05, 0.1) is 17.5 Å². The molecule has 0 unspecified atom stereocenters. The first kappa shape index (κ1) is 19.0. The van der Waals surface area contributed by atoms with Gasteiger partial charge in [-0.15, -0.1) is 0 Å². The Morgan fingerprint density at radius 2 is 1.86 bits per heavy atom. The molecule has 0 saturated carbocycles. The van der Waals surface area contributed by atoms with Crippen LogP contribution in [0.1, 0.15) is 26.8 Å². The first-order valence-electron chi connectivity index (χ1n) is 8.91. The summed E-state index contributed by atoms with van der Waals surface area (Å²) in [7, 11) is 0. The number of hydrogen-bond donors (Lipinski definition) is 0. The summed E-state index contributed by atoms with van der Waals surface area (Å²) >= 11 is 5.86. The third-order valence-corrected chi connectivity index (χ3v) is 4.63. The van der Waals surface area contributed by atoms with Crippen LogP contribution in [0.4, 0.5) is 0 Å². The Balaban J connectivity index is 1.31. The lowest BCUT2D eigenvalue weighted by molar-refractivity contribution is 0.0513. The lowest BCUT2D eigenvalue weighted by Crippen LogP contribution is -2.50. The van der Waals surface area contributed by atoms with Crippen LogP contribution >= 0.6 is 11.6 Å². The second-order valence-electron chi connectivity index (χ2n) is 6.37. The molecule has 1 aliphatic rings. The molecule has 2 amide bonds. The van der Waals surface area contributed by atoms with E-state index in [2.05, 4.69) is 10.1 Å². The lowest BCUT2D eigenvalue weighted by Gasteiger charge is -2.33. The van der Waals surface area contributed by atoms with Crippen LogP contribution in [0, 0.1) is 0 Å². The molecule has 1 aliphatic heterocycles. The van der Waals surface area contributed by atoms with Crippen LogP contribution in [0.2, 0.25) is 5.02 Å². The number of amides is 2. The molecule has 0 N–H and O–H groups in total. The van der Waals surface area contributed by atoms with E-state index in [0.717, 1.165) is 0 Å². The maximum Gasteiger partial charge on any atom is 0.289 e. The van der Waals surface area contributed by atoms with Crippen molar-refractivity contribution in [2.45, 2.75) is 6.61 Å². The van der Waals surface area contributed by atoms with Gasteiger partial charge >= 0.3 is 0 Å². The van der Waals surface area contributed by atoms with Crippen LogP contribution in [0.15, 0.2) is 51.9 Å². The Hall–Kier alpha value is -3.33. The number of pyridine rings is 1. The number of ether oxygens (including phenoxy) is 1.